The van der Waals surface area contributed by atoms with Crippen LogP contribution >= 0.6 is 0 Å². The average Bonchev–Trinajstić information content (AvgIpc) is 2.91. The quantitative estimate of drug-likeness (QED) is 0.374. The smallest absolute Gasteiger partial charge is 0.253 e. The number of piperazine rings is 1. The van der Waals surface area contributed by atoms with Crippen molar-refractivity contribution in [1.29, 1.82) is 0 Å². The molecule has 190 valence electrons. The highest BCUT2D eigenvalue weighted by atomic mass is 32.2. The zero-order valence-electron chi connectivity index (χ0n) is 20.6. The van der Waals surface area contributed by atoms with Crippen molar-refractivity contribution in [3.8, 4) is 0 Å². The number of amides is 1. The molecule has 6 nitrogen and oxygen atoms in total. The summed E-state index contributed by atoms with van der Waals surface area (Å²) in [5.41, 5.74) is 3.05. The molecule has 0 N–H and O–H groups in total. The minimum atomic E-state index is -3.64. The van der Waals surface area contributed by atoms with Gasteiger partial charge in [0.25, 0.3) is 5.91 Å². The van der Waals surface area contributed by atoms with Crippen LogP contribution in [0.4, 0.5) is 4.39 Å². The van der Waals surface area contributed by atoms with E-state index >= 15 is 0 Å². The maximum absolute atomic E-state index is 14.0. The molecular formula is C29H28FN3O3S. The Morgan fingerprint density at radius 3 is 2.43 bits per heavy atom. The van der Waals surface area contributed by atoms with Gasteiger partial charge in [0.05, 0.1) is 16.2 Å². The van der Waals surface area contributed by atoms with Gasteiger partial charge < -0.3 is 4.90 Å². The van der Waals surface area contributed by atoms with E-state index in [2.05, 4.69) is 9.88 Å². The third-order valence-corrected chi connectivity index (χ3v) is 8.57. The van der Waals surface area contributed by atoms with Gasteiger partial charge in [-0.1, -0.05) is 42.5 Å². The number of carbonyl (C=O) groups is 1. The molecule has 4 aromatic rings. The van der Waals surface area contributed by atoms with Crippen molar-refractivity contribution < 1.29 is 17.6 Å². The van der Waals surface area contributed by atoms with Crippen LogP contribution in [0.2, 0.25) is 0 Å². The summed E-state index contributed by atoms with van der Waals surface area (Å²) in [5.74, 6) is -0.464. The number of aromatic nitrogens is 1. The standard InChI is InChI=1S/C29H28FN3O3S/c1-21-18-23(29(34)33-16-14-32(15-17-33)19-24-6-2-3-9-26(24)30)11-12-25(21)20-37(35,36)27-10-4-7-22-8-5-13-31-28(22)27/h2-13,18H,14-17,19-20H2,1H3. The molecule has 1 aromatic heterocycles. The minimum Gasteiger partial charge on any atom is -0.336 e. The fourth-order valence-corrected chi connectivity index (χ4v) is 6.40. The maximum atomic E-state index is 14.0. The number of carbonyl (C=O) groups excluding carboxylic acids is 1. The van der Waals surface area contributed by atoms with Gasteiger partial charge in [0.2, 0.25) is 0 Å². The molecule has 1 saturated heterocycles. The topological polar surface area (TPSA) is 70.6 Å². The average molecular weight is 518 g/mol. The Labute approximate surface area is 216 Å². The number of aryl methyl sites for hydroxylation is 1. The molecule has 3 aromatic carbocycles. The Bertz CT molecular complexity index is 1560. The zero-order valence-corrected chi connectivity index (χ0v) is 21.4. The maximum Gasteiger partial charge on any atom is 0.253 e. The summed E-state index contributed by atoms with van der Waals surface area (Å²) in [4.78, 5) is 21.6. The number of fused-ring (bicyclic) bond motifs is 1. The van der Waals surface area contributed by atoms with Gasteiger partial charge in [-0.25, -0.2) is 12.8 Å². The van der Waals surface area contributed by atoms with E-state index in [9.17, 15) is 17.6 Å². The predicted octanol–water partition coefficient (Wildman–Crippen LogP) is 4.61. The highest BCUT2D eigenvalue weighted by Gasteiger charge is 2.24. The first-order valence-electron chi connectivity index (χ1n) is 12.2. The van der Waals surface area contributed by atoms with Crippen molar-refractivity contribution in [2.45, 2.75) is 24.1 Å². The first-order valence-corrected chi connectivity index (χ1v) is 13.9. The van der Waals surface area contributed by atoms with Gasteiger partial charge in [0, 0.05) is 55.4 Å². The van der Waals surface area contributed by atoms with Gasteiger partial charge in [0.15, 0.2) is 9.84 Å². The zero-order chi connectivity index (χ0) is 26.0. The van der Waals surface area contributed by atoms with Crippen LogP contribution in [0.5, 0.6) is 0 Å². The number of pyridine rings is 1. The molecular weight excluding hydrogens is 489 g/mol. The lowest BCUT2D eigenvalue weighted by atomic mass is 10.1. The highest BCUT2D eigenvalue weighted by Crippen LogP contribution is 2.26. The Morgan fingerprint density at radius 2 is 1.68 bits per heavy atom. The summed E-state index contributed by atoms with van der Waals surface area (Å²) in [6.45, 7) is 4.77. The van der Waals surface area contributed by atoms with Crippen molar-refractivity contribution in [3.63, 3.8) is 0 Å². The molecule has 0 atom stereocenters. The van der Waals surface area contributed by atoms with Crippen LogP contribution < -0.4 is 0 Å². The summed E-state index contributed by atoms with van der Waals surface area (Å²) in [7, 11) is -3.64. The first kappa shape index (κ1) is 25.0. The molecule has 0 radical (unpaired) electrons. The van der Waals surface area contributed by atoms with Gasteiger partial charge in [-0.05, 0) is 48.4 Å². The van der Waals surface area contributed by atoms with E-state index in [-0.39, 0.29) is 22.4 Å². The van der Waals surface area contributed by atoms with Gasteiger partial charge in [-0.2, -0.15) is 0 Å². The van der Waals surface area contributed by atoms with E-state index in [1.165, 1.54) is 6.07 Å². The van der Waals surface area contributed by atoms with E-state index in [1.54, 1.807) is 59.6 Å². The predicted molar refractivity (Wildman–Crippen MR) is 141 cm³/mol. The van der Waals surface area contributed by atoms with Crippen LogP contribution in [0.3, 0.4) is 0 Å². The normalized spacial score (nSPS) is 14.7. The number of rotatable bonds is 6. The molecule has 5 rings (SSSR count). The summed E-state index contributed by atoms with van der Waals surface area (Å²) < 4.78 is 40.5. The van der Waals surface area contributed by atoms with E-state index in [1.807, 2.05) is 25.1 Å². The molecule has 1 amide bonds. The summed E-state index contributed by atoms with van der Waals surface area (Å²) in [6, 6.07) is 20.7. The van der Waals surface area contributed by atoms with Crippen molar-refractivity contribution in [2.24, 2.45) is 0 Å². The number of hydrogen-bond donors (Lipinski definition) is 0. The van der Waals surface area contributed by atoms with E-state index < -0.39 is 9.84 Å². The fraction of sp³-hybridized carbons (Fsp3) is 0.241. The lowest BCUT2D eigenvalue weighted by Crippen LogP contribution is -2.48. The number of benzene rings is 3. The number of hydrogen-bond acceptors (Lipinski definition) is 5. The number of sulfone groups is 1. The second kappa shape index (κ2) is 10.4. The summed E-state index contributed by atoms with van der Waals surface area (Å²) in [5, 5.41) is 0.773. The molecule has 37 heavy (non-hydrogen) atoms. The SMILES string of the molecule is Cc1cc(C(=O)N2CCN(Cc3ccccc3F)CC2)ccc1CS(=O)(=O)c1cccc2cccnc12. The monoisotopic (exact) mass is 517 g/mol. The Hall–Kier alpha value is -3.62. The number of halogens is 1. The van der Waals surface area contributed by atoms with Crippen LogP contribution in [-0.2, 0) is 22.1 Å². The molecule has 8 heteroatoms. The van der Waals surface area contributed by atoms with Crippen LogP contribution in [0, 0.1) is 12.7 Å². The largest absolute Gasteiger partial charge is 0.336 e. The molecule has 0 saturated carbocycles. The van der Waals surface area contributed by atoms with Gasteiger partial charge in [-0.15, -0.1) is 0 Å². The van der Waals surface area contributed by atoms with Gasteiger partial charge in [-0.3, -0.25) is 14.7 Å². The van der Waals surface area contributed by atoms with E-state index in [4.69, 9.17) is 0 Å². The van der Waals surface area contributed by atoms with Crippen molar-refractivity contribution in [1.82, 2.24) is 14.8 Å². The summed E-state index contributed by atoms with van der Waals surface area (Å²) in [6.07, 6.45) is 1.59. The van der Waals surface area contributed by atoms with E-state index in [0.29, 0.717) is 54.9 Å². The number of nitrogens with zero attached hydrogens (tertiary/aromatic N) is 3. The van der Waals surface area contributed by atoms with E-state index in [0.717, 1.165) is 10.9 Å². The van der Waals surface area contributed by atoms with Crippen molar-refractivity contribution in [2.75, 3.05) is 26.2 Å². The second-order valence-corrected chi connectivity index (χ2v) is 11.3. The van der Waals surface area contributed by atoms with Gasteiger partial charge >= 0.3 is 0 Å². The van der Waals surface area contributed by atoms with Gasteiger partial charge in [0.1, 0.15) is 5.82 Å². The van der Waals surface area contributed by atoms with Crippen LogP contribution in [-0.4, -0.2) is 55.3 Å². The molecule has 2 heterocycles. The molecule has 1 aliphatic heterocycles. The molecule has 1 fully saturated rings. The van der Waals surface area contributed by atoms with Crippen molar-refractivity contribution >= 4 is 26.6 Å². The third-order valence-electron chi connectivity index (χ3n) is 6.88. The third kappa shape index (κ3) is 5.40. The van der Waals surface area contributed by atoms with Crippen LogP contribution in [0.1, 0.15) is 27.0 Å². The van der Waals surface area contributed by atoms with Crippen LogP contribution in [0.25, 0.3) is 10.9 Å². The molecule has 0 aliphatic carbocycles. The molecule has 0 bridgehead atoms. The molecule has 0 unspecified atom stereocenters. The second-order valence-electron chi connectivity index (χ2n) is 9.39. The van der Waals surface area contributed by atoms with Crippen molar-refractivity contribution in [3.05, 3.63) is 107 Å². The lowest BCUT2D eigenvalue weighted by Gasteiger charge is -2.35. The summed E-state index contributed by atoms with van der Waals surface area (Å²) >= 11 is 0. The Kier molecular flexibility index (Phi) is 7.04. The first-order chi connectivity index (χ1) is 17.8. The highest BCUT2D eigenvalue weighted by molar-refractivity contribution is 7.90. The molecule has 0 spiro atoms. The Balaban J connectivity index is 1.26. The lowest BCUT2D eigenvalue weighted by molar-refractivity contribution is 0.0627. The molecule has 1 aliphatic rings. The minimum absolute atomic E-state index is 0.0821. The van der Waals surface area contributed by atoms with Crippen LogP contribution in [0.15, 0.2) is 83.9 Å². The fourth-order valence-electron chi connectivity index (χ4n) is 4.76. The Morgan fingerprint density at radius 1 is 0.919 bits per heavy atom. The number of para-hydroxylation sites is 1.